The molecule has 1 aliphatic heterocycles. The van der Waals surface area contributed by atoms with Crippen molar-refractivity contribution in [3.8, 4) is 5.75 Å². The van der Waals surface area contributed by atoms with E-state index in [1.165, 1.54) is 0 Å². The van der Waals surface area contributed by atoms with Crippen LogP contribution in [0.3, 0.4) is 0 Å². The number of benzene rings is 2. The smallest absolute Gasteiger partial charge is 0.243 e. The third-order valence-corrected chi connectivity index (χ3v) is 4.83. The highest BCUT2D eigenvalue weighted by molar-refractivity contribution is 5.90. The quantitative estimate of drug-likeness (QED) is 0.880. The average Bonchev–Trinajstić information content (AvgIpc) is 3.06. The van der Waals surface area contributed by atoms with Crippen molar-refractivity contribution >= 4 is 22.6 Å². The average molecular weight is 340 g/mol. The Bertz CT molecular complexity index is 788. The standard InChI is InChI=1S/C20H24N2O3/c1-3-17(22-12-6-9-19(22)23)20(24)21-13-16-15-8-5-4-7-14(15)10-11-18(16)25-2/h4-5,7-8,10-11,17H,3,6,9,12-13H2,1-2H3,(H,21,24)/t17-/m0/s1. The summed E-state index contributed by atoms with van der Waals surface area (Å²) in [6, 6.07) is 11.6. The monoisotopic (exact) mass is 340 g/mol. The molecule has 0 unspecified atom stereocenters. The van der Waals surface area contributed by atoms with Gasteiger partial charge in [0.05, 0.1) is 7.11 Å². The minimum atomic E-state index is -0.393. The molecule has 132 valence electrons. The molecule has 1 atom stereocenters. The second-order valence-corrected chi connectivity index (χ2v) is 6.30. The Morgan fingerprint density at radius 1 is 1.28 bits per heavy atom. The van der Waals surface area contributed by atoms with Crippen LogP contribution in [0.2, 0.25) is 0 Å². The number of hydrogen-bond acceptors (Lipinski definition) is 3. The molecule has 1 saturated heterocycles. The molecule has 5 nitrogen and oxygen atoms in total. The Hall–Kier alpha value is -2.56. The fraction of sp³-hybridized carbons (Fsp3) is 0.400. The topological polar surface area (TPSA) is 58.6 Å². The number of carbonyl (C=O) groups excluding carboxylic acids is 2. The van der Waals surface area contributed by atoms with Crippen molar-refractivity contribution in [2.24, 2.45) is 0 Å². The van der Waals surface area contributed by atoms with E-state index in [1.54, 1.807) is 12.0 Å². The molecule has 0 saturated carbocycles. The second kappa shape index (κ2) is 7.55. The molecule has 0 aliphatic carbocycles. The summed E-state index contributed by atoms with van der Waals surface area (Å²) in [6.07, 6.45) is 1.99. The van der Waals surface area contributed by atoms with Crippen LogP contribution in [-0.4, -0.2) is 36.4 Å². The number of hydrogen-bond donors (Lipinski definition) is 1. The van der Waals surface area contributed by atoms with Crippen LogP contribution >= 0.6 is 0 Å². The zero-order valence-corrected chi connectivity index (χ0v) is 14.7. The van der Waals surface area contributed by atoms with E-state index in [0.29, 0.717) is 25.9 Å². The fourth-order valence-corrected chi connectivity index (χ4v) is 3.53. The SMILES string of the molecule is CC[C@@H](C(=O)NCc1c(OC)ccc2ccccc12)N1CCCC1=O. The van der Waals surface area contributed by atoms with Crippen LogP contribution in [-0.2, 0) is 16.1 Å². The number of rotatable bonds is 6. The van der Waals surface area contributed by atoms with Crippen molar-refractivity contribution in [2.45, 2.75) is 38.8 Å². The molecule has 1 heterocycles. The molecule has 3 rings (SSSR count). The van der Waals surface area contributed by atoms with E-state index in [2.05, 4.69) is 5.32 Å². The normalized spacial score (nSPS) is 15.4. The molecular weight excluding hydrogens is 316 g/mol. The van der Waals surface area contributed by atoms with E-state index in [-0.39, 0.29) is 11.8 Å². The first kappa shape index (κ1) is 17.3. The summed E-state index contributed by atoms with van der Waals surface area (Å²) < 4.78 is 5.47. The number of nitrogens with zero attached hydrogens (tertiary/aromatic N) is 1. The Balaban J connectivity index is 1.79. The van der Waals surface area contributed by atoms with Gasteiger partial charge in [0.2, 0.25) is 11.8 Å². The molecule has 0 aromatic heterocycles. The number of carbonyl (C=O) groups is 2. The third kappa shape index (κ3) is 3.45. The van der Waals surface area contributed by atoms with Crippen LogP contribution in [0.5, 0.6) is 5.75 Å². The van der Waals surface area contributed by atoms with Gasteiger partial charge in [-0.05, 0) is 29.7 Å². The van der Waals surface area contributed by atoms with E-state index in [9.17, 15) is 9.59 Å². The van der Waals surface area contributed by atoms with Crippen LogP contribution in [0.4, 0.5) is 0 Å². The zero-order valence-electron chi connectivity index (χ0n) is 14.7. The Kier molecular flexibility index (Phi) is 5.22. The lowest BCUT2D eigenvalue weighted by molar-refractivity contribution is -0.137. The summed E-state index contributed by atoms with van der Waals surface area (Å²) in [6.45, 7) is 2.98. The maximum Gasteiger partial charge on any atom is 0.243 e. The molecule has 1 fully saturated rings. The number of ether oxygens (including phenoxy) is 1. The maximum atomic E-state index is 12.7. The highest BCUT2D eigenvalue weighted by atomic mass is 16.5. The number of methoxy groups -OCH3 is 1. The van der Waals surface area contributed by atoms with E-state index < -0.39 is 6.04 Å². The Morgan fingerprint density at radius 2 is 2.08 bits per heavy atom. The first-order valence-electron chi connectivity index (χ1n) is 8.77. The molecule has 0 radical (unpaired) electrons. The number of amides is 2. The highest BCUT2D eigenvalue weighted by Gasteiger charge is 2.31. The lowest BCUT2D eigenvalue weighted by Gasteiger charge is -2.26. The molecule has 2 aromatic carbocycles. The Labute approximate surface area is 148 Å². The van der Waals surface area contributed by atoms with E-state index in [4.69, 9.17) is 4.74 Å². The first-order valence-corrected chi connectivity index (χ1v) is 8.77. The van der Waals surface area contributed by atoms with Gasteiger partial charge in [0.25, 0.3) is 0 Å². The van der Waals surface area contributed by atoms with Gasteiger partial charge >= 0.3 is 0 Å². The molecule has 1 aliphatic rings. The van der Waals surface area contributed by atoms with Gasteiger partial charge < -0.3 is 15.0 Å². The number of nitrogens with one attached hydrogen (secondary N) is 1. The van der Waals surface area contributed by atoms with Crippen molar-refractivity contribution in [3.05, 3.63) is 42.0 Å². The first-order chi connectivity index (χ1) is 12.2. The van der Waals surface area contributed by atoms with Crippen LogP contribution in [0, 0.1) is 0 Å². The minimum absolute atomic E-state index is 0.0738. The summed E-state index contributed by atoms with van der Waals surface area (Å²) >= 11 is 0. The molecule has 25 heavy (non-hydrogen) atoms. The van der Waals surface area contributed by atoms with Crippen LogP contribution in [0.1, 0.15) is 31.7 Å². The third-order valence-electron chi connectivity index (χ3n) is 4.83. The predicted octanol–water partition coefficient (Wildman–Crippen LogP) is 2.87. The van der Waals surface area contributed by atoms with Gasteiger partial charge in [-0.25, -0.2) is 0 Å². The summed E-state index contributed by atoms with van der Waals surface area (Å²) in [4.78, 5) is 26.3. The van der Waals surface area contributed by atoms with E-state index in [1.807, 2.05) is 43.3 Å². The van der Waals surface area contributed by atoms with Gasteiger partial charge in [-0.2, -0.15) is 0 Å². The summed E-state index contributed by atoms with van der Waals surface area (Å²) in [5.74, 6) is 0.724. The largest absolute Gasteiger partial charge is 0.496 e. The minimum Gasteiger partial charge on any atom is -0.496 e. The highest BCUT2D eigenvalue weighted by Crippen LogP contribution is 2.28. The van der Waals surface area contributed by atoms with Crippen molar-refractivity contribution in [1.29, 1.82) is 0 Å². The molecule has 0 bridgehead atoms. The molecule has 1 N–H and O–H groups in total. The van der Waals surface area contributed by atoms with E-state index >= 15 is 0 Å². The second-order valence-electron chi connectivity index (χ2n) is 6.30. The summed E-state index contributed by atoms with van der Waals surface area (Å²) in [5.41, 5.74) is 0.955. The van der Waals surface area contributed by atoms with Crippen molar-refractivity contribution in [2.75, 3.05) is 13.7 Å². The molecular formula is C20H24N2O3. The predicted molar refractivity (Wildman–Crippen MR) is 97.4 cm³/mol. The van der Waals surface area contributed by atoms with Gasteiger partial charge in [0.1, 0.15) is 11.8 Å². The van der Waals surface area contributed by atoms with Crippen LogP contribution < -0.4 is 10.1 Å². The fourth-order valence-electron chi connectivity index (χ4n) is 3.53. The lowest BCUT2D eigenvalue weighted by atomic mass is 10.0. The van der Waals surface area contributed by atoms with Crippen molar-refractivity contribution in [3.63, 3.8) is 0 Å². The van der Waals surface area contributed by atoms with Crippen molar-refractivity contribution < 1.29 is 14.3 Å². The molecule has 0 spiro atoms. The van der Waals surface area contributed by atoms with Crippen LogP contribution in [0.25, 0.3) is 10.8 Å². The summed E-state index contributed by atoms with van der Waals surface area (Å²) in [5, 5.41) is 5.17. The van der Waals surface area contributed by atoms with E-state index in [0.717, 1.165) is 28.5 Å². The lowest BCUT2D eigenvalue weighted by Crippen LogP contribution is -2.46. The zero-order chi connectivity index (χ0) is 17.8. The maximum absolute atomic E-state index is 12.7. The molecule has 5 heteroatoms. The number of likely N-dealkylation sites (tertiary alicyclic amines) is 1. The van der Waals surface area contributed by atoms with Gasteiger partial charge in [-0.3, -0.25) is 9.59 Å². The van der Waals surface area contributed by atoms with Gasteiger partial charge in [-0.15, -0.1) is 0 Å². The summed E-state index contributed by atoms with van der Waals surface area (Å²) in [7, 11) is 1.63. The van der Waals surface area contributed by atoms with Gasteiger partial charge in [0, 0.05) is 25.1 Å². The number of fused-ring (bicyclic) bond motifs is 1. The molecule has 2 amide bonds. The molecule has 2 aromatic rings. The Morgan fingerprint density at radius 3 is 2.76 bits per heavy atom. The van der Waals surface area contributed by atoms with Crippen LogP contribution in [0.15, 0.2) is 36.4 Å². The van der Waals surface area contributed by atoms with Crippen molar-refractivity contribution in [1.82, 2.24) is 10.2 Å². The van der Waals surface area contributed by atoms with Gasteiger partial charge in [-0.1, -0.05) is 37.3 Å². The van der Waals surface area contributed by atoms with Gasteiger partial charge in [0.15, 0.2) is 0 Å².